The molecule has 0 radical (unpaired) electrons. The van der Waals surface area contributed by atoms with Crippen molar-refractivity contribution in [2.24, 2.45) is 11.7 Å². The minimum Gasteiger partial charge on any atom is -0.369 e. The fourth-order valence-corrected chi connectivity index (χ4v) is 3.02. The summed E-state index contributed by atoms with van der Waals surface area (Å²) in [6.07, 6.45) is 0.234. The van der Waals surface area contributed by atoms with E-state index in [4.69, 9.17) is 21.9 Å². The zero-order chi connectivity index (χ0) is 17.3. The summed E-state index contributed by atoms with van der Waals surface area (Å²) in [6, 6.07) is 7.09. The Morgan fingerprint density at radius 3 is 2.62 bits per heavy atom. The van der Waals surface area contributed by atoms with Crippen molar-refractivity contribution in [3.05, 3.63) is 46.6 Å². The van der Waals surface area contributed by atoms with Crippen molar-refractivity contribution >= 4 is 23.4 Å². The van der Waals surface area contributed by atoms with Gasteiger partial charge in [-0.1, -0.05) is 28.9 Å². The summed E-state index contributed by atoms with van der Waals surface area (Å²) >= 11 is 5.85. The van der Waals surface area contributed by atoms with Gasteiger partial charge in [-0.2, -0.15) is 4.98 Å². The van der Waals surface area contributed by atoms with Crippen LogP contribution in [-0.2, 0) is 16.0 Å². The molecule has 2 N–H and O–H groups in total. The van der Waals surface area contributed by atoms with Crippen molar-refractivity contribution in [2.75, 3.05) is 13.1 Å². The lowest BCUT2D eigenvalue weighted by Gasteiger charge is -2.15. The van der Waals surface area contributed by atoms with Crippen LogP contribution < -0.4 is 5.73 Å². The zero-order valence-electron chi connectivity index (χ0n) is 13.1. The second kappa shape index (κ2) is 6.60. The number of hydrogen-bond acceptors (Lipinski definition) is 5. The molecule has 126 valence electrons. The molecule has 1 fully saturated rings. The molecule has 0 saturated carbocycles. The van der Waals surface area contributed by atoms with Crippen LogP contribution >= 0.6 is 11.6 Å². The molecule has 1 aliphatic heterocycles. The molecule has 0 spiro atoms. The van der Waals surface area contributed by atoms with E-state index in [1.165, 1.54) is 0 Å². The first-order chi connectivity index (χ1) is 11.4. The van der Waals surface area contributed by atoms with E-state index in [-0.39, 0.29) is 24.8 Å². The lowest BCUT2D eigenvalue weighted by Crippen LogP contribution is -2.32. The third kappa shape index (κ3) is 3.41. The molecule has 2 aromatic rings. The first kappa shape index (κ1) is 16.4. The first-order valence-electron chi connectivity index (χ1n) is 7.56. The van der Waals surface area contributed by atoms with Gasteiger partial charge in [0.15, 0.2) is 5.82 Å². The Balaban J connectivity index is 1.73. The molecule has 1 aromatic heterocycles. The number of benzene rings is 1. The minimum absolute atomic E-state index is 0.0812. The molecule has 0 aliphatic carbocycles. The lowest BCUT2D eigenvalue weighted by atomic mass is 9.95. The Bertz CT molecular complexity index is 759. The van der Waals surface area contributed by atoms with Crippen molar-refractivity contribution in [2.45, 2.75) is 19.3 Å². The molecule has 8 heteroatoms. The minimum atomic E-state index is -0.529. The molecule has 1 aliphatic rings. The smallest absolute Gasteiger partial charge is 0.232 e. The molecule has 2 amide bonds. The maximum Gasteiger partial charge on any atom is 0.232 e. The van der Waals surface area contributed by atoms with Gasteiger partial charge in [-0.25, -0.2) is 0 Å². The van der Waals surface area contributed by atoms with E-state index in [9.17, 15) is 9.59 Å². The summed E-state index contributed by atoms with van der Waals surface area (Å²) in [4.78, 5) is 30.1. The topological polar surface area (TPSA) is 102 Å². The Hall–Kier alpha value is -2.41. The highest BCUT2D eigenvalue weighted by atomic mass is 35.5. The summed E-state index contributed by atoms with van der Waals surface area (Å²) in [5, 5.41) is 4.37. The number of nitrogens with zero attached hydrogens (tertiary/aromatic N) is 3. The van der Waals surface area contributed by atoms with Gasteiger partial charge in [0.1, 0.15) is 0 Å². The van der Waals surface area contributed by atoms with Crippen molar-refractivity contribution < 1.29 is 14.1 Å². The number of carbonyl (C=O) groups is 2. The lowest BCUT2D eigenvalue weighted by molar-refractivity contribution is -0.129. The molecule has 24 heavy (non-hydrogen) atoms. The molecule has 3 rings (SSSR count). The van der Waals surface area contributed by atoms with Crippen LogP contribution in [-0.4, -0.2) is 39.9 Å². The van der Waals surface area contributed by atoms with Gasteiger partial charge in [-0.05, 0) is 24.6 Å². The Morgan fingerprint density at radius 1 is 1.33 bits per heavy atom. The number of primary amides is 1. The summed E-state index contributed by atoms with van der Waals surface area (Å²) in [6.45, 7) is 2.29. The van der Waals surface area contributed by atoms with E-state index >= 15 is 0 Å². The number of rotatable bonds is 4. The Kier molecular flexibility index (Phi) is 4.53. The normalized spacial score (nSPS) is 20.3. The van der Waals surface area contributed by atoms with Crippen LogP contribution in [0.1, 0.15) is 23.2 Å². The summed E-state index contributed by atoms with van der Waals surface area (Å²) in [5.41, 5.74) is 6.34. The predicted octanol–water partition coefficient (Wildman–Crippen LogP) is 1.30. The van der Waals surface area contributed by atoms with E-state index in [1.807, 2.05) is 0 Å². The summed E-state index contributed by atoms with van der Waals surface area (Å²) in [5.74, 6) is -0.617. The molecule has 0 bridgehead atoms. The third-order valence-corrected chi connectivity index (χ3v) is 4.42. The van der Waals surface area contributed by atoms with Crippen LogP contribution in [0, 0.1) is 12.8 Å². The van der Waals surface area contributed by atoms with Crippen molar-refractivity contribution in [3.63, 3.8) is 0 Å². The second-order valence-corrected chi connectivity index (χ2v) is 6.33. The number of aryl methyl sites for hydroxylation is 1. The quantitative estimate of drug-likeness (QED) is 0.897. The monoisotopic (exact) mass is 348 g/mol. The highest BCUT2D eigenvalue weighted by Crippen LogP contribution is 2.32. The van der Waals surface area contributed by atoms with Gasteiger partial charge in [0.2, 0.25) is 17.7 Å². The highest BCUT2D eigenvalue weighted by molar-refractivity contribution is 6.30. The molecule has 2 atom stereocenters. The molecule has 7 nitrogen and oxygen atoms in total. The van der Waals surface area contributed by atoms with Gasteiger partial charge in [0.25, 0.3) is 0 Å². The van der Waals surface area contributed by atoms with Crippen molar-refractivity contribution in [3.8, 4) is 0 Å². The fraction of sp³-hybridized carbons (Fsp3) is 0.375. The molecule has 0 unspecified atom stereocenters. The zero-order valence-corrected chi connectivity index (χ0v) is 13.9. The van der Waals surface area contributed by atoms with Gasteiger partial charge in [-0.15, -0.1) is 0 Å². The first-order valence-corrected chi connectivity index (χ1v) is 7.93. The van der Waals surface area contributed by atoms with Crippen molar-refractivity contribution in [1.29, 1.82) is 0 Å². The van der Waals surface area contributed by atoms with Crippen LogP contribution in [0.15, 0.2) is 28.8 Å². The predicted molar refractivity (Wildman–Crippen MR) is 86.2 cm³/mol. The van der Waals surface area contributed by atoms with E-state index < -0.39 is 11.8 Å². The standard InChI is InChI=1S/C16H17ClN4O3/c1-9-19-16(24-20-9)13-8-21(7-12(13)15(18)23)14(22)6-10-2-4-11(17)5-3-10/h2-5,12-13H,6-8H2,1H3,(H2,18,23)/t12-,13-/m1/s1. The van der Waals surface area contributed by atoms with Gasteiger partial charge in [0, 0.05) is 18.1 Å². The average Bonchev–Trinajstić information content (AvgIpc) is 3.15. The van der Waals surface area contributed by atoms with E-state index in [0.29, 0.717) is 23.3 Å². The van der Waals surface area contributed by atoms with Gasteiger partial charge >= 0.3 is 0 Å². The van der Waals surface area contributed by atoms with Gasteiger partial charge < -0.3 is 15.2 Å². The Labute approximate surface area is 143 Å². The van der Waals surface area contributed by atoms with E-state index in [1.54, 1.807) is 36.1 Å². The number of nitrogens with two attached hydrogens (primary N) is 1. The molecular weight excluding hydrogens is 332 g/mol. The molecule has 1 aromatic carbocycles. The highest BCUT2D eigenvalue weighted by Gasteiger charge is 2.42. The SMILES string of the molecule is Cc1noc([C@@H]2CN(C(=O)Cc3ccc(Cl)cc3)C[C@H]2C(N)=O)n1. The molecule has 1 saturated heterocycles. The number of likely N-dealkylation sites (tertiary alicyclic amines) is 1. The van der Waals surface area contributed by atoms with Gasteiger partial charge in [-0.3, -0.25) is 9.59 Å². The van der Waals surface area contributed by atoms with Gasteiger partial charge in [0.05, 0.1) is 18.3 Å². The molecular formula is C16H17ClN4O3. The fourth-order valence-electron chi connectivity index (χ4n) is 2.90. The van der Waals surface area contributed by atoms with Crippen LogP contribution in [0.25, 0.3) is 0 Å². The third-order valence-electron chi connectivity index (χ3n) is 4.17. The number of halogens is 1. The van der Waals surface area contributed by atoms with E-state index in [2.05, 4.69) is 10.1 Å². The molecule has 2 heterocycles. The van der Waals surface area contributed by atoms with Crippen LogP contribution in [0.3, 0.4) is 0 Å². The largest absolute Gasteiger partial charge is 0.369 e. The van der Waals surface area contributed by atoms with Crippen molar-refractivity contribution in [1.82, 2.24) is 15.0 Å². The maximum atomic E-state index is 12.5. The summed E-state index contributed by atoms with van der Waals surface area (Å²) in [7, 11) is 0. The Morgan fingerprint density at radius 2 is 2.04 bits per heavy atom. The van der Waals surface area contributed by atoms with Crippen LogP contribution in [0.2, 0.25) is 5.02 Å². The number of amides is 2. The average molecular weight is 349 g/mol. The maximum absolute atomic E-state index is 12.5. The second-order valence-electron chi connectivity index (χ2n) is 5.90. The summed E-state index contributed by atoms with van der Waals surface area (Å²) < 4.78 is 5.17. The number of hydrogen-bond donors (Lipinski definition) is 1. The van der Waals surface area contributed by atoms with Crippen LogP contribution in [0.5, 0.6) is 0 Å². The van der Waals surface area contributed by atoms with Crippen LogP contribution in [0.4, 0.5) is 0 Å². The number of carbonyl (C=O) groups excluding carboxylic acids is 2. The van der Waals surface area contributed by atoms with E-state index in [0.717, 1.165) is 5.56 Å². The number of aromatic nitrogens is 2.